The number of fused-ring (bicyclic) bond motifs is 1. The smallest absolute Gasteiger partial charge is 0.239 e. The van der Waals surface area contributed by atoms with Crippen molar-refractivity contribution in [3.8, 4) is 0 Å². The molecule has 0 bridgehead atoms. The average molecular weight is 273 g/mol. The number of rotatable bonds is 4. The lowest BCUT2D eigenvalue weighted by atomic mass is 10.0. The first kappa shape index (κ1) is 13.6. The van der Waals surface area contributed by atoms with Crippen LogP contribution in [0.25, 0.3) is 0 Å². The number of hydrazine groups is 1. The molecule has 4 heteroatoms. The minimum atomic E-state index is -0.0979. The molecule has 3 atom stereocenters. The molecule has 0 saturated carbocycles. The van der Waals surface area contributed by atoms with E-state index < -0.39 is 0 Å². The van der Waals surface area contributed by atoms with Gasteiger partial charge in [-0.15, -0.1) is 0 Å². The van der Waals surface area contributed by atoms with Crippen molar-refractivity contribution in [1.82, 2.24) is 16.2 Å². The van der Waals surface area contributed by atoms with E-state index in [1.165, 1.54) is 11.1 Å². The van der Waals surface area contributed by atoms with Gasteiger partial charge < -0.3 is 5.32 Å². The summed E-state index contributed by atoms with van der Waals surface area (Å²) in [5.41, 5.74) is 9.01. The van der Waals surface area contributed by atoms with Gasteiger partial charge in [0.25, 0.3) is 0 Å². The number of hydrogen-bond donors (Lipinski definition) is 3. The minimum Gasteiger partial charge on any atom is -0.348 e. The van der Waals surface area contributed by atoms with Crippen molar-refractivity contribution >= 4 is 5.91 Å². The van der Waals surface area contributed by atoms with E-state index in [9.17, 15) is 4.79 Å². The summed E-state index contributed by atoms with van der Waals surface area (Å²) < 4.78 is 0. The lowest BCUT2D eigenvalue weighted by molar-refractivity contribution is -0.123. The van der Waals surface area contributed by atoms with Crippen LogP contribution in [0.15, 0.2) is 24.3 Å². The first-order valence-electron chi connectivity index (χ1n) is 7.67. The Kier molecular flexibility index (Phi) is 4.03. The van der Waals surface area contributed by atoms with Gasteiger partial charge in [-0.3, -0.25) is 10.2 Å². The van der Waals surface area contributed by atoms with Crippen molar-refractivity contribution < 1.29 is 4.79 Å². The number of hydrogen-bond acceptors (Lipinski definition) is 3. The molecule has 1 heterocycles. The number of carbonyl (C=O) groups excluding carboxylic acids is 1. The molecule has 3 rings (SSSR count). The molecule has 2 aliphatic rings. The monoisotopic (exact) mass is 273 g/mol. The Labute approximate surface area is 120 Å². The van der Waals surface area contributed by atoms with Crippen LogP contribution in [0.3, 0.4) is 0 Å². The third-order valence-electron chi connectivity index (χ3n) is 4.38. The van der Waals surface area contributed by atoms with E-state index in [4.69, 9.17) is 0 Å². The van der Waals surface area contributed by atoms with Crippen molar-refractivity contribution in [3.63, 3.8) is 0 Å². The summed E-state index contributed by atoms with van der Waals surface area (Å²) in [5, 5.41) is 3.20. The lowest BCUT2D eigenvalue weighted by Crippen LogP contribution is -2.44. The van der Waals surface area contributed by atoms with E-state index in [0.29, 0.717) is 6.04 Å². The first-order chi connectivity index (χ1) is 9.78. The maximum Gasteiger partial charge on any atom is 0.239 e. The zero-order chi connectivity index (χ0) is 13.9. The summed E-state index contributed by atoms with van der Waals surface area (Å²) in [6.45, 7) is 2.17. The SMILES string of the molecule is CCCC1CC(C(=O)NC2CCc3ccccc32)NN1. The maximum absolute atomic E-state index is 12.3. The van der Waals surface area contributed by atoms with E-state index in [-0.39, 0.29) is 18.0 Å². The van der Waals surface area contributed by atoms with Crippen molar-refractivity contribution in [2.24, 2.45) is 0 Å². The molecule has 1 aromatic rings. The van der Waals surface area contributed by atoms with Crippen LogP contribution >= 0.6 is 0 Å². The Hall–Kier alpha value is -1.39. The Bertz CT molecular complexity index is 488. The summed E-state index contributed by atoms with van der Waals surface area (Å²) in [4.78, 5) is 12.3. The summed E-state index contributed by atoms with van der Waals surface area (Å²) in [6, 6.07) is 8.93. The molecule has 108 valence electrons. The summed E-state index contributed by atoms with van der Waals surface area (Å²) in [6.07, 6.45) is 5.22. The topological polar surface area (TPSA) is 53.2 Å². The van der Waals surface area contributed by atoms with Gasteiger partial charge in [-0.25, -0.2) is 5.43 Å². The van der Waals surface area contributed by atoms with Gasteiger partial charge >= 0.3 is 0 Å². The molecule has 0 radical (unpaired) electrons. The second kappa shape index (κ2) is 5.94. The minimum absolute atomic E-state index is 0.0979. The standard InChI is InChI=1S/C16H23N3O/c1-2-5-12-10-15(19-18-12)16(20)17-14-9-8-11-6-3-4-7-13(11)14/h3-4,6-7,12,14-15,18-19H,2,5,8-10H2,1H3,(H,17,20). The van der Waals surface area contributed by atoms with Crippen molar-refractivity contribution in [1.29, 1.82) is 0 Å². The van der Waals surface area contributed by atoms with E-state index in [1.807, 2.05) is 0 Å². The van der Waals surface area contributed by atoms with Crippen LogP contribution < -0.4 is 16.2 Å². The quantitative estimate of drug-likeness (QED) is 0.784. The molecule has 3 unspecified atom stereocenters. The molecular weight excluding hydrogens is 250 g/mol. The molecule has 0 aromatic heterocycles. The van der Waals surface area contributed by atoms with E-state index in [0.717, 1.165) is 32.1 Å². The van der Waals surface area contributed by atoms with Gasteiger partial charge in [0.1, 0.15) is 6.04 Å². The van der Waals surface area contributed by atoms with Crippen LogP contribution in [0.4, 0.5) is 0 Å². The van der Waals surface area contributed by atoms with Gasteiger partial charge in [-0.1, -0.05) is 37.6 Å². The Morgan fingerprint density at radius 3 is 3.05 bits per heavy atom. The van der Waals surface area contributed by atoms with E-state index in [2.05, 4.69) is 47.4 Å². The molecule has 4 nitrogen and oxygen atoms in total. The highest BCUT2D eigenvalue weighted by Crippen LogP contribution is 2.30. The Morgan fingerprint density at radius 2 is 2.20 bits per heavy atom. The fourth-order valence-corrected chi connectivity index (χ4v) is 3.31. The van der Waals surface area contributed by atoms with Crippen LogP contribution in [-0.2, 0) is 11.2 Å². The van der Waals surface area contributed by atoms with Gasteiger partial charge in [0, 0.05) is 6.04 Å². The molecule has 1 fully saturated rings. The van der Waals surface area contributed by atoms with Gasteiger partial charge in [0.2, 0.25) is 5.91 Å². The summed E-state index contributed by atoms with van der Waals surface area (Å²) in [7, 11) is 0. The van der Waals surface area contributed by atoms with Crippen molar-refractivity contribution in [2.45, 2.75) is 57.2 Å². The molecular formula is C16H23N3O. The molecule has 1 aromatic carbocycles. The fourth-order valence-electron chi connectivity index (χ4n) is 3.31. The van der Waals surface area contributed by atoms with E-state index in [1.54, 1.807) is 0 Å². The summed E-state index contributed by atoms with van der Waals surface area (Å²) >= 11 is 0. The number of amides is 1. The highest BCUT2D eigenvalue weighted by atomic mass is 16.2. The van der Waals surface area contributed by atoms with Crippen LogP contribution in [0, 0.1) is 0 Å². The van der Waals surface area contributed by atoms with Crippen LogP contribution in [0.1, 0.15) is 49.8 Å². The predicted octanol–water partition coefficient (Wildman–Crippen LogP) is 1.83. The lowest BCUT2D eigenvalue weighted by Gasteiger charge is -2.17. The third kappa shape index (κ3) is 2.72. The van der Waals surface area contributed by atoms with Gasteiger partial charge in [-0.2, -0.15) is 0 Å². The highest BCUT2D eigenvalue weighted by Gasteiger charge is 2.31. The number of carbonyl (C=O) groups is 1. The highest BCUT2D eigenvalue weighted by molar-refractivity contribution is 5.82. The van der Waals surface area contributed by atoms with Crippen molar-refractivity contribution in [2.75, 3.05) is 0 Å². The van der Waals surface area contributed by atoms with Crippen molar-refractivity contribution in [3.05, 3.63) is 35.4 Å². The molecule has 1 saturated heterocycles. The molecule has 20 heavy (non-hydrogen) atoms. The molecule has 3 N–H and O–H groups in total. The molecule has 1 aliphatic carbocycles. The molecule has 0 spiro atoms. The second-order valence-electron chi connectivity index (χ2n) is 5.86. The zero-order valence-electron chi connectivity index (χ0n) is 12.0. The summed E-state index contributed by atoms with van der Waals surface area (Å²) in [5.74, 6) is 0.123. The normalized spacial score (nSPS) is 28.4. The second-order valence-corrected chi connectivity index (χ2v) is 5.86. The largest absolute Gasteiger partial charge is 0.348 e. The maximum atomic E-state index is 12.3. The average Bonchev–Trinajstić information content (AvgIpc) is 3.07. The zero-order valence-corrected chi connectivity index (χ0v) is 12.0. The fraction of sp³-hybridized carbons (Fsp3) is 0.562. The Balaban J connectivity index is 1.58. The van der Waals surface area contributed by atoms with Crippen LogP contribution in [0.2, 0.25) is 0 Å². The predicted molar refractivity (Wildman–Crippen MR) is 79.0 cm³/mol. The van der Waals surface area contributed by atoms with Gasteiger partial charge in [0.05, 0.1) is 6.04 Å². The van der Waals surface area contributed by atoms with Gasteiger partial charge in [0.15, 0.2) is 0 Å². The molecule has 1 aliphatic heterocycles. The van der Waals surface area contributed by atoms with Crippen LogP contribution in [-0.4, -0.2) is 18.0 Å². The van der Waals surface area contributed by atoms with Crippen LogP contribution in [0.5, 0.6) is 0 Å². The first-order valence-corrected chi connectivity index (χ1v) is 7.67. The third-order valence-corrected chi connectivity index (χ3v) is 4.38. The molecule has 1 amide bonds. The van der Waals surface area contributed by atoms with Gasteiger partial charge in [-0.05, 0) is 36.8 Å². The number of nitrogens with one attached hydrogen (secondary N) is 3. The number of benzene rings is 1. The van der Waals surface area contributed by atoms with E-state index >= 15 is 0 Å². The number of aryl methyl sites for hydroxylation is 1. The Morgan fingerprint density at radius 1 is 1.35 bits per heavy atom.